The number of aliphatic hydroxyl groups is 1. The summed E-state index contributed by atoms with van der Waals surface area (Å²) in [6.45, 7) is 6.90. The van der Waals surface area contributed by atoms with Crippen molar-refractivity contribution in [1.29, 1.82) is 0 Å². The fourth-order valence-electron chi connectivity index (χ4n) is 1.80. The van der Waals surface area contributed by atoms with Crippen molar-refractivity contribution in [2.75, 3.05) is 25.0 Å². The molecule has 0 fully saturated rings. The highest BCUT2D eigenvalue weighted by Gasteiger charge is 2.19. The molecule has 0 aromatic heterocycles. The lowest BCUT2D eigenvalue weighted by molar-refractivity contribution is -0.117. The number of likely N-dealkylation sites (N-methyl/N-ethyl adjacent to an activating group) is 1. The van der Waals surface area contributed by atoms with Gasteiger partial charge < -0.3 is 10.4 Å². The van der Waals surface area contributed by atoms with E-state index >= 15 is 0 Å². The molecule has 0 saturated heterocycles. The van der Waals surface area contributed by atoms with Crippen LogP contribution >= 0.6 is 15.9 Å². The predicted molar refractivity (Wildman–Crippen MR) is 81.2 cm³/mol. The standard InChI is InChI=1S/C14H21BrN2O2/c1-4-17(10-14(2,3)19)9-13(18)16-12-7-5-6-11(15)8-12/h5-8,19H,4,9-10H2,1-3H3,(H,16,18). The Kier molecular flexibility index (Phi) is 5.97. The van der Waals surface area contributed by atoms with Gasteiger partial charge in [-0.05, 0) is 38.6 Å². The predicted octanol–water partition coefficient (Wildman–Crippen LogP) is 2.48. The van der Waals surface area contributed by atoms with Crippen LogP contribution in [0.4, 0.5) is 5.69 Å². The lowest BCUT2D eigenvalue weighted by Crippen LogP contribution is -2.42. The fraction of sp³-hybridized carbons (Fsp3) is 0.500. The van der Waals surface area contributed by atoms with E-state index in [1.165, 1.54) is 0 Å². The Morgan fingerprint density at radius 3 is 2.68 bits per heavy atom. The summed E-state index contributed by atoms with van der Waals surface area (Å²) in [6.07, 6.45) is 0. The van der Waals surface area contributed by atoms with Crippen LogP contribution in [0.5, 0.6) is 0 Å². The molecule has 5 heteroatoms. The van der Waals surface area contributed by atoms with Crippen LogP contribution in [0.2, 0.25) is 0 Å². The molecule has 0 saturated carbocycles. The second kappa shape index (κ2) is 7.03. The maximum absolute atomic E-state index is 11.9. The first-order valence-electron chi connectivity index (χ1n) is 6.30. The summed E-state index contributed by atoms with van der Waals surface area (Å²) in [7, 11) is 0. The molecule has 1 aromatic carbocycles. The molecule has 1 amide bonds. The maximum Gasteiger partial charge on any atom is 0.238 e. The molecular formula is C14H21BrN2O2. The van der Waals surface area contributed by atoms with E-state index in [4.69, 9.17) is 0 Å². The highest BCUT2D eigenvalue weighted by Crippen LogP contribution is 2.15. The Balaban J connectivity index is 2.54. The van der Waals surface area contributed by atoms with Gasteiger partial charge in [-0.2, -0.15) is 0 Å². The van der Waals surface area contributed by atoms with Crippen LogP contribution < -0.4 is 5.32 Å². The Morgan fingerprint density at radius 2 is 2.16 bits per heavy atom. The summed E-state index contributed by atoms with van der Waals surface area (Å²) in [4.78, 5) is 13.8. The number of rotatable bonds is 6. The number of carbonyl (C=O) groups excluding carboxylic acids is 1. The van der Waals surface area contributed by atoms with E-state index in [1.807, 2.05) is 36.1 Å². The molecule has 0 spiro atoms. The quantitative estimate of drug-likeness (QED) is 0.843. The number of nitrogens with one attached hydrogen (secondary N) is 1. The van der Waals surface area contributed by atoms with Crippen molar-refractivity contribution in [3.63, 3.8) is 0 Å². The Labute approximate surface area is 122 Å². The van der Waals surface area contributed by atoms with Gasteiger partial charge in [0.05, 0.1) is 12.1 Å². The van der Waals surface area contributed by atoms with Gasteiger partial charge in [0.15, 0.2) is 0 Å². The Bertz CT molecular complexity index is 430. The van der Waals surface area contributed by atoms with Crippen LogP contribution in [0.25, 0.3) is 0 Å². The number of nitrogens with zero attached hydrogens (tertiary/aromatic N) is 1. The molecule has 1 rings (SSSR count). The first-order chi connectivity index (χ1) is 8.80. The largest absolute Gasteiger partial charge is 0.389 e. The minimum atomic E-state index is -0.800. The summed E-state index contributed by atoms with van der Waals surface area (Å²) in [6, 6.07) is 7.47. The van der Waals surface area contributed by atoms with Crippen molar-refractivity contribution < 1.29 is 9.90 Å². The van der Waals surface area contributed by atoms with E-state index in [2.05, 4.69) is 21.2 Å². The van der Waals surface area contributed by atoms with E-state index in [9.17, 15) is 9.90 Å². The molecule has 19 heavy (non-hydrogen) atoms. The van der Waals surface area contributed by atoms with E-state index in [1.54, 1.807) is 13.8 Å². The monoisotopic (exact) mass is 328 g/mol. The van der Waals surface area contributed by atoms with Gasteiger partial charge in [0.1, 0.15) is 0 Å². The Hall–Kier alpha value is -0.910. The van der Waals surface area contributed by atoms with Crippen molar-refractivity contribution in [3.8, 4) is 0 Å². The molecule has 1 aromatic rings. The number of hydrogen-bond donors (Lipinski definition) is 2. The molecule has 0 bridgehead atoms. The van der Waals surface area contributed by atoms with Gasteiger partial charge >= 0.3 is 0 Å². The van der Waals surface area contributed by atoms with Gasteiger partial charge in [-0.25, -0.2) is 0 Å². The van der Waals surface area contributed by atoms with E-state index in [-0.39, 0.29) is 12.5 Å². The van der Waals surface area contributed by atoms with Crippen LogP contribution in [0.1, 0.15) is 20.8 Å². The van der Waals surface area contributed by atoms with Gasteiger partial charge in [-0.3, -0.25) is 9.69 Å². The van der Waals surface area contributed by atoms with E-state index < -0.39 is 5.60 Å². The molecule has 0 aliphatic heterocycles. The first-order valence-corrected chi connectivity index (χ1v) is 7.09. The van der Waals surface area contributed by atoms with Crippen molar-refractivity contribution in [3.05, 3.63) is 28.7 Å². The van der Waals surface area contributed by atoms with Crippen LogP contribution in [-0.4, -0.2) is 41.1 Å². The average molecular weight is 329 g/mol. The van der Waals surface area contributed by atoms with Gasteiger partial charge in [0, 0.05) is 16.7 Å². The number of amides is 1. The number of carbonyl (C=O) groups is 1. The first kappa shape index (κ1) is 16.1. The van der Waals surface area contributed by atoms with Gasteiger partial charge in [0.25, 0.3) is 0 Å². The van der Waals surface area contributed by atoms with Crippen LogP contribution in [0.3, 0.4) is 0 Å². The number of hydrogen-bond acceptors (Lipinski definition) is 3. The van der Waals surface area contributed by atoms with Crippen molar-refractivity contribution in [1.82, 2.24) is 4.90 Å². The zero-order valence-electron chi connectivity index (χ0n) is 11.6. The molecule has 0 atom stereocenters. The summed E-state index contributed by atoms with van der Waals surface area (Å²) < 4.78 is 0.925. The second-order valence-electron chi connectivity index (χ2n) is 5.17. The van der Waals surface area contributed by atoms with Crippen LogP contribution in [-0.2, 0) is 4.79 Å². The SMILES string of the molecule is CCN(CC(=O)Nc1cccc(Br)c1)CC(C)(C)O. The molecule has 0 aliphatic carbocycles. The summed E-state index contributed by atoms with van der Waals surface area (Å²) in [5.74, 6) is -0.0794. The molecule has 2 N–H and O–H groups in total. The third-order valence-electron chi connectivity index (χ3n) is 2.53. The lowest BCUT2D eigenvalue weighted by atomic mass is 10.1. The molecule has 0 radical (unpaired) electrons. The molecule has 0 aliphatic rings. The van der Waals surface area contributed by atoms with Gasteiger partial charge in [-0.15, -0.1) is 0 Å². The lowest BCUT2D eigenvalue weighted by Gasteiger charge is -2.27. The van der Waals surface area contributed by atoms with Gasteiger partial charge in [-0.1, -0.05) is 28.9 Å². The molecule has 4 nitrogen and oxygen atoms in total. The Morgan fingerprint density at radius 1 is 1.47 bits per heavy atom. The summed E-state index contributed by atoms with van der Waals surface area (Å²) in [5.41, 5.74) is -0.0369. The topological polar surface area (TPSA) is 52.6 Å². The zero-order valence-corrected chi connectivity index (χ0v) is 13.2. The highest BCUT2D eigenvalue weighted by molar-refractivity contribution is 9.10. The minimum Gasteiger partial charge on any atom is -0.389 e. The smallest absolute Gasteiger partial charge is 0.238 e. The third-order valence-corrected chi connectivity index (χ3v) is 3.03. The number of halogens is 1. The van der Waals surface area contributed by atoms with E-state index in [0.717, 1.165) is 16.7 Å². The normalized spacial score (nSPS) is 11.7. The third kappa shape index (κ3) is 6.71. The second-order valence-corrected chi connectivity index (χ2v) is 6.09. The maximum atomic E-state index is 11.9. The molecule has 0 heterocycles. The van der Waals surface area contributed by atoms with Crippen molar-refractivity contribution in [2.45, 2.75) is 26.4 Å². The van der Waals surface area contributed by atoms with Gasteiger partial charge in [0.2, 0.25) is 5.91 Å². The zero-order chi connectivity index (χ0) is 14.5. The van der Waals surface area contributed by atoms with Crippen molar-refractivity contribution >= 4 is 27.5 Å². The average Bonchev–Trinajstić information content (AvgIpc) is 2.26. The van der Waals surface area contributed by atoms with Crippen LogP contribution in [0, 0.1) is 0 Å². The summed E-state index contributed by atoms with van der Waals surface area (Å²) in [5, 5.41) is 12.6. The number of anilines is 1. The minimum absolute atomic E-state index is 0.0794. The molecular weight excluding hydrogens is 308 g/mol. The summed E-state index contributed by atoms with van der Waals surface area (Å²) >= 11 is 3.36. The fourth-order valence-corrected chi connectivity index (χ4v) is 2.20. The van der Waals surface area contributed by atoms with E-state index in [0.29, 0.717) is 6.54 Å². The highest BCUT2D eigenvalue weighted by atomic mass is 79.9. The van der Waals surface area contributed by atoms with Crippen LogP contribution in [0.15, 0.2) is 28.7 Å². The molecule has 106 valence electrons. The van der Waals surface area contributed by atoms with Crippen molar-refractivity contribution in [2.24, 2.45) is 0 Å². The molecule has 0 unspecified atom stereocenters. The number of benzene rings is 1.